The van der Waals surface area contributed by atoms with Gasteiger partial charge in [0.1, 0.15) is 12.6 Å². The Morgan fingerprint density at radius 1 is 0.902 bits per heavy atom. The molecule has 0 aromatic heterocycles. The molecule has 1 N–H and O–H groups in total. The summed E-state index contributed by atoms with van der Waals surface area (Å²) < 4.78 is 29.9. The number of hydrogen-bond acceptors (Lipinski definition) is 4. The largest absolute Gasteiger partial charge is 0.354 e. The first kappa shape index (κ1) is 32.3. The van der Waals surface area contributed by atoms with Gasteiger partial charge in [0.25, 0.3) is 10.0 Å². The molecule has 0 spiro atoms. The molecule has 9 heteroatoms. The number of nitrogens with one attached hydrogen (secondary N) is 1. The van der Waals surface area contributed by atoms with Crippen LogP contribution in [0.15, 0.2) is 82.2 Å². The number of rotatable bonds is 12. The second kappa shape index (κ2) is 14.1. The van der Waals surface area contributed by atoms with Crippen LogP contribution in [0.1, 0.15) is 57.2 Å². The van der Waals surface area contributed by atoms with Gasteiger partial charge in [-0.05, 0) is 73.2 Å². The first-order valence-corrected chi connectivity index (χ1v) is 16.0. The van der Waals surface area contributed by atoms with Crippen LogP contribution in [0.3, 0.4) is 0 Å². The molecule has 7 nitrogen and oxygen atoms in total. The van der Waals surface area contributed by atoms with Gasteiger partial charge in [-0.15, -0.1) is 0 Å². The van der Waals surface area contributed by atoms with Crippen LogP contribution in [-0.4, -0.2) is 44.3 Å². The lowest BCUT2D eigenvalue weighted by Crippen LogP contribution is -2.51. The van der Waals surface area contributed by atoms with E-state index >= 15 is 0 Å². The highest BCUT2D eigenvalue weighted by Crippen LogP contribution is 2.27. The standard InChI is InChI=1S/C32H40BrN3O4S/c1-22(2)19-34-32(38)25(6)35(20-26-8-7-9-28(33)18-26)31(37)21-36(29-14-12-27(13-15-29)23(3)4)41(39,40)30-16-10-24(5)11-17-30/h7-18,22-23,25H,19-21H2,1-6H3,(H,34,38). The lowest BCUT2D eigenvalue weighted by Gasteiger charge is -2.32. The predicted octanol–water partition coefficient (Wildman–Crippen LogP) is 6.27. The Morgan fingerprint density at radius 2 is 1.54 bits per heavy atom. The molecule has 0 saturated carbocycles. The molecule has 1 unspecified atom stereocenters. The van der Waals surface area contributed by atoms with Gasteiger partial charge in [0, 0.05) is 17.6 Å². The van der Waals surface area contributed by atoms with E-state index < -0.39 is 28.5 Å². The van der Waals surface area contributed by atoms with Crippen molar-refractivity contribution in [1.29, 1.82) is 0 Å². The molecule has 41 heavy (non-hydrogen) atoms. The molecule has 3 rings (SSSR count). The van der Waals surface area contributed by atoms with Crippen molar-refractivity contribution in [3.63, 3.8) is 0 Å². The molecule has 220 valence electrons. The van der Waals surface area contributed by atoms with Crippen LogP contribution in [0.4, 0.5) is 5.69 Å². The Balaban J connectivity index is 2.03. The van der Waals surface area contributed by atoms with E-state index in [2.05, 4.69) is 35.1 Å². The third-order valence-corrected chi connectivity index (χ3v) is 9.11. The summed E-state index contributed by atoms with van der Waals surface area (Å²) in [5, 5.41) is 2.90. The van der Waals surface area contributed by atoms with Gasteiger partial charge in [-0.2, -0.15) is 0 Å². The van der Waals surface area contributed by atoms with Crippen molar-refractivity contribution in [3.8, 4) is 0 Å². The minimum atomic E-state index is -4.10. The maximum absolute atomic E-state index is 14.0. The number of nitrogens with zero attached hydrogens (tertiary/aromatic N) is 2. The summed E-state index contributed by atoms with van der Waals surface area (Å²) >= 11 is 3.47. The van der Waals surface area contributed by atoms with Crippen LogP contribution in [0.25, 0.3) is 0 Å². The van der Waals surface area contributed by atoms with Crippen molar-refractivity contribution in [1.82, 2.24) is 10.2 Å². The molecule has 0 fully saturated rings. The van der Waals surface area contributed by atoms with E-state index in [-0.39, 0.29) is 29.2 Å². The number of carbonyl (C=O) groups is 2. The van der Waals surface area contributed by atoms with Crippen LogP contribution >= 0.6 is 15.9 Å². The van der Waals surface area contributed by atoms with Crippen molar-refractivity contribution in [3.05, 3.63) is 94.0 Å². The topological polar surface area (TPSA) is 86.8 Å². The lowest BCUT2D eigenvalue weighted by atomic mass is 10.0. The Kier molecular flexibility index (Phi) is 11.2. The van der Waals surface area contributed by atoms with Crippen molar-refractivity contribution >= 4 is 43.5 Å². The molecule has 0 saturated heterocycles. The maximum atomic E-state index is 14.0. The van der Waals surface area contributed by atoms with Crippen LogP contribution < -0.4 is 9.62 Å². The Bertz CT molecular complexity index is 1440. The summed E-state index contributed by atoms with van der Waals surface area (Å²) in [4.78, 5) is 28.7. The van der Waals surface area contributed by atoms with Crippen LogP contribution in [0, 0.1) is 12.8 Å². The Morgan fingerprint density at radius 3 is 2.10 bits per heavy atom. The smallest absolute Gasteiger partial charge is 0.264 e. The van der Waals surface area contributed by atoms with E-state index in [1.54, 1.807) is 43.3 Å². The summed E-state index contributed by atoms with van der Waals surface area (Å²) in [5.74, 6) is -0.278. The summed E-state index contributed by atoms with van der Waals surface area (Å²) in [6.07, 6.45) is 0. The molecule has 0 aliphatic carbocycles. The fourth-order valence-electron chi connectivity index (χ4n) is 4.26. The van der Waals surface area contributed by atoms with Crippen molar-refractivity contribution in [2.75, 3.05) is 17.4 Å². The van der Waals surface area contributed by atoms with Crippen LogP contribution in [0.2, 0.25) is 0 Å². The maximum Gasteiger partial charge on any atom is 0.264 e. The number of aryl methyl sites for hydroxylation is 1. The molecule has 0 aliphatic rings. The fourth-order valence-corrected chi connectivity index (χ4v) is 6.12. The van der Waals surface area contributed by atoms with E-state index in [0.29, 0.717) is 12.2 Å². The zero-order chi connectivity index (χ0) is 30.3. The summed E-state index contributed by atoms with van der Waals surface area (Å²) in [6, 6.07) is 20.4. The zero-order valence-corrected chi connectivity index (χ0v) is 27.0. The van der Waals surface area contributed by atoms with E-state index in [9.17, 15) is 18.0 Å². The minimum Gasteiger partial charge on any atom is -0.354 e. The van der Waals surface area contributed by atoms with Gasteiger partial charge in [-0.25, -0.2) is 8.42 Å². The van der Waals surface area contributed by atoms with Gasteiger partial charge in [0.15, 0.2) is 0 Å². The van der Waals surface area contributed by atoms with Crippen LogP contribution in [0.5, 0.6) is 0 Å². The Labute approximate surface area is 253 Å². The Hall–Kier alpha value is -3.17. The average molecular weight is 643 g/mol. The molecule has 3 aromatic rings. The third-order valence-electron chi connectivity index (χ3n) is 6.83. The minimum absolute atomic E-state index is 0.0881. The summed E-state index contributed by atoms with van der Waals surface area (Å²) in [6.45, 7) is 11.8. The number of anilines is 1. The van der Waals surface area contributed by atoms with Gasteiger partial charge >= 0.3 is 0 Å². The number of amides is 2. The van der Waals surface area contributed by atoms with Gasteiger partial charge in [-0.3, -0.25) is 13.9 Å². The lowest BCUT2D eigenvalue weighted by molar-refractivity contribution is -0.139. The number of sulfonamides is 1. The molecular weight excluding hydrogens is 602 g/mol. The van der Waals surface area contributed by atoms with Crippen molar-refractivity contribution in [2.45, 2.75) is 64.9 Å². The van der Waals surface area contributed by atoms with Gasteiger partial charge in [0.05, 0.1) is 10.6 Å². The third kappa shape index (κ3) is 8.66. The van der Waals surface area contributed by atoms with E-state index in [4.69, 9.17) is 0 Å². The summed E-state index contributed by atoms with van der Waals surface area (Å²) in [5.41, 5.74) is 3.17. The number of carbonyl (C=O) groups excluding carboxylic acids is 2. The van der Waals surface area contributed by atoms with Gasteiger partial charge in [0.2, 0.25) is 11.8 Å². The van der Waals surface area contributed by atoms with Crippen molar-refractivity contribution in [2.24, 2.45) is 5.92 Å². The molecule has 2 amide bonds. The highest BCUT2D eigenvalue weighted by molar-refractivity contribution is 9.10. The number of halogens is 1. The van der Waals surface area contributed by atoms with E-state index in [1.165, 1.54) is 4.90 Å². The quantitative estimate of drug-likeness (QED) is 0.253. The molecule has 1 atom stereocenters. The highest BCUT2D eigenvalue weighted by Gasteiger charge is 2.32. The fraction of sp³-hybridized carbons (Fsp3) is 0.375. The second-order valence-electron chi connectivity index (χ2n) is 11.0. The average Bonchev–Trinajstić information content (AvgIpc) is 2.93. The summed E-state index contributed by atoms with van der Waals surface area (Å²) in [7, 11) is -4.10. The van der Waals surface area contributed by atoms with Gasteiger partial charge in [-0.1, -0.05) is 85.6 Å². The molecule has 0 radical (unpaired) electrons. The molecule has 3 aromatic carbocycles. The zero-order valence-electron chi connectivity index (χ0n) is 24.6. The van der Waals surface area contributed by atoms with Gasteiger partial charge < -0.3 is 10.2 Å². The highest BCUT2D eigenvalue weighted by atomic mass is 79.9. The molecule has 0 aliphatic heterocycles. The van der Waals surface area contributed by atoms with Crippen LogP contribution in [-0.2, 0) is 26.2 Å². The first-order chi connectivity index (χ1) is 19.3. The first-order valence-electron chi connectivity index (χ1n) is 13.8. The molecule has 0 bridgehead atoms. The monoisotopic (exact) mass is 641 g/mol. The number of benzene rings is 3. The molecule has 0 heterocycles. The van der Waals surface area contributed by atoms with E-state index in [1.807, 2.05) is 57.2 Å². The van der Waals surface area contributed by atoms with Crippen molar-refractivity contribution < 1.29 is 18.0 Å². The number of hydrogen-bond donors (Lipinski definition) is 1. The van der Waals surface area contributed by atoms with E-state index in [0.717, 1.165) is 25.5 Å². The molecular formula is C32H40BrN3O4S. The normalized spacial score (nSPS) is 12.3. The SMILES string of the molecule is Cc1ccc(S(=O)(=O)N(CC(=O)N(Cc2cccc(Br)c2)C(C)C(=O)NCC(C)C)c2ccc(C(C)C)cc2)cc1. The second-order valence-corrected chi connectivity index (χ2v) is 13.8. The predicted molar refractivity (Wildman–Crippen MR) is 168 cm³/mol.